The van der Waals surface area contributed by atoms with Crippen LogP contribution in [0.1, 0.15) is 0 Å². The molecule has 0 unspecified atom stereocenters. The van der Waals surface area contributed by atoms with E-state index in [0.717, 1.165) is 0 Å². The van der Waals surface area contributed by atoms with E-state index in [-0.39, 0.29) is 0 Å². The Kier molecular flexibility index (Phi) is 3.70. The third-order valence-corrected chi connectivity index (χ3v) is 8.96. The van der Waals surface area contributed by atoms with Crippen molar-refractivity contribution in [1.82, 2.24) is 8.97 Å². The lowest BCUT2D eigenvalue weighted by Gasteiger charge is -2.11. The van der Waals surface area contributed by atoms with E-state index in [2.05, 4.69) is 142 Å². The maximum Gasteiger partial charge on any atom is 0.0627 e. The largest absolute Gasteiger partial charge is 0.309 e. The first-order valence-corrected chi connectivity index (χ1v) is 13.9. The second-order valence-electron chi connectivity index (χ2n) is 10.9. The summed E-state index contributed by atoms with van der Waals surface area (Å²) < 4.78 is 5.02. The molecule has 0 saturated carbocycles. The molecule has 3 aromatic heterocycles. The fourth-order valence-electron chi connectivity index (χ4n) is 7.42. The molecule has 0 spiro atoms. The van der Waals surface area contributed by atoms with Gasteiger partial charge in [-0.3, -0.25) is 0 Å². The van der Waals surface area contributed by atoms with Crippen LogP contribution in [0.5, 0.6) is 0 Å². The summed E-state index contributed by atoms with van der Waals surface area (Å²) >= 11 is 0. The zero-order chi connectivity index (χ0) is 25.9. The van der Waals surface area contributed by atoms with E-state index in [1.54, 1.807) is 0 Å². The molecule has 0 aliphatic rings. The van der Waals surface area contributed by atoms with E-state index in [0.29, 0.717) is 0 Å². The third-order valence-electron chi connectivity index (χ3n) is 8.96. The van der Waals surface area contributed by atoms with Crippen LogP contribution in [-0.4, -0.2) is 8.97 Å². The number of fused-ring (bicyclic) bond motifs is 14. The Balaban J connectivity index is 1.61. The van der Waals surface area contributed by atoms with Gasteiger partial charge in [-0.25, -0.2) is 0 Å². The number of hydrogen-bond donors (Lipinski definition) is 0. The Morgan fingerprint density at radius 2 is 0.925 bits per heavy atom. The van der Waals surface area contributed by atoms with Gasteiger partial charge < -0.3 is 8.97 Å². The van der Waals surface area contributed by atoms with Crippen LogP contribution >= 0.6 is 0 Å². The molecule has 0 N–H and O–H groups in total. The summed E-state index contributed by atoms with van der Waals surface area (Å²) in [6.07, 6.45) is 0. The summed E-state index contributed by atoms with van der Waals surface area (Å²) in [7, 11) is 0. The van der Waals surface area contributed by atoms with Gasteiger partial charge in [-0.2, -0.15) is 0 Å². The van der Waals surface area contributed by atoms with E-state index in [1.807, 2.05) is 0 Å². The van der Waals surface area contributed by atoms with Crippen LogP contribution in [-0.2, 0) is 0 Å². The van der Waals surface area contributed by atoms with Crippen molar-refractivity contribution in [3.63, 3.8) is 0 Å². The molecular weight excluding hydrogens is 484 g/mol. The van der Waals surface area contributed by atoms with Crippen molar-refractivity contribution in [1.29, 1.82) is 0 Å². The molecule has 0 saturated heterocycles. The molecule has 3 heterocycles. The van der Waals surface area contributed by atoms with E-state index in [9.17, 15) is 0 Å². The van der Waals surface area contributed by atoms with Crippen LogP contribution in [0.3, 0.4) is 0 Å². The zero-order valence-electron chi connectivity index (χ0n) is 21.6. The molecular formula is C38H22N2. The van der Waals surface area contributed by atoms with Crippen molar-refractivity contribution in [2.24, 2.45) is 0 Å². The summed E-state index contributed by atoms with van der Waals surface area (Å²) in [5.41, 5.74) is 7.59. The molecule has 0 aliphatic carbocycles. The van der Waals surface area contributed by atoms with Gasteiger partial charge in [0.05, 0.1) is 27.6 Å². The number of hydrogen-bond acceptors (Lipinski definition) is 0. The minimum absolute atomic E-state index is 1.18. The molecule has 0 fully saturated rings. The summed E-state index contributed by atoms with van der Waals surface area (Å²) in [6, 6.07) is 49.0. The fraction of sp³-hybridized carbons (Fsp3) is 0. The van der Waals surface area contributed by atoms with Gasteiger partial charge in [0.25, 0.3) is 0 Å². The van der Waals surface area contributed by atoms with Gasteiger partial charge >= 0.3 is 0 Å². The van der Waals surface area contributed by atoms with Crippen molar-refractivity contribution in [3.05, 3.63) is 133 Å². The third kappa shape index (κ3) is 2.36. The van der Waals surface area contributed by atoms with Gasteiger partial charge in [0, 0.05) is 48.8 Å². The number of nitrogens with zero attached hydrogens (tertiary/aromatic N) is 2. The smallest absolute Gasteiger partial charge is 0.0627 e. The maximum absolute atomic E-state index is 2.53. The highest BCUT2D eigenvalue weighted by Gasteiger charge is 2.25. The first-order valence-electron chi connectivity index (χ1n) is 13.9. The highest BCUT2D eigenvalue weighted by molar-refractivity contribution is 6.40. The molecule has 0 bridgehead atoms. The average molecular weight is 507 g/mol. The standard InChI is InChI=1S/C38H22N2/c1-2-13-25(14-3-1)39-33-22-24-12-5-4-11-23(24)21-31(33)35-34-30-19-10-18-27-26-15-8-9-20-32(26)40(36(27)30)38(34)29-17-7-6-16-28(29)37(35)39/h1-22H. The van der Waals surface area contributed by atoms with Crippen LogP contribution in [0, 0.1) is 0 Å². The molecule has 0 amide bonds. The average Bonchev–Trinajstić information content (AvgIpc) is 3.65. The van der Waals surface area contributed by atoms with Crippen molar-refractivity contribution in [2.75, 3.05) is 0 Å². The second-order valence-corrected chi connectivity index (χ2v) is 10.9. The van der Waals surface area contributed by atoms with Gasteiger partial charge in [0.1, 0.15) is 0 Å². The quantitative estimate of drug-likeness (QED) is 0.209. The minimum atomic E-state index is 1.18. The van der Waals surface area contributed by atoms with Gasteiger partial charge in [-0.15, -0.1) is 0 Å². The fourth-order valence-corrected chi connectivity index (χ4v) is 7.42. The Morgan fingerprint density at radius 1 is 0.350 bits per heavy atom. The molecule has 10 aromatic rings. The van der Waals surface area contributed by atoms with Crippen LogP contribution in [0.15, 0.2) is 133 Å². The monoisotopic (exact) mass is 506 g/mol. The van der Waals surface area contributed by atoms with E-state index in [4.69, 9.17) is 0 Å². The van der Waals surface area contributed by atoms with Crippen LogP contribution in [0.25, 0.3) is 87.1 Å². The SMILES string of the molecule is c1ccc(-n2c3cc4ccccc4cc3c3c4c5cccc6c7ccccc7n(c65)c4c4ccccc4c32)cc1. The maximum atomic E-state index is 2.53. The predicted octanol–water partition coefficient (Wildman–Crippen LogP) is 10.2. The van der Waals surface area contributed by atoms with Crippen LogP contribution in [0.2, 0.25) is 0 Å². The van der Waals surface area contributed by atoms with Gasteiger partial charge in [0.2, 0.25) is 0 Å². The van der Waals surface area contributed by atoms with Gasteiger partial charge in [-0.1, -0.05) is 103 Å². The normalized spacial score (nSPS) is 12.5. The summed E-state index contributed by atoms with van der Waals surface area (Å²) in [5.74, 6) is 0. The summed E-state index contributed by atoms with van der Waals surface area (Å²) in [5, 5.41) is 13.0. The molecule has 10 rings (SSSR count). The molecule has 2 nitrogen and oxygen atoms in total. The highest BCUT2D eigenvalue weighted by atomic mass is 15.0. The number of rotatable bonds is 1. The van der Waals surface area contributed by atoms with Crippen molar-refractivity contribution >= 4 is 81.4 Å². The van der Waals surface area contributed by atoms with Gasteiger partial charge in [0.15, 0.2) is 0 Å². The Hall–Kier alpha value is -5.34. The predicted molar refractivity (Wildman–Crippen MR) is 170 cm³/mol. The number of para-hydroxylation sites is 3. The Bertz CT molecular complexity index is 2630. The lowest BCUT2D eigenvalue weighted by atomic mass is 9.97. The topological polar surface area (TPSA) is 9.34 Å². The highest BCUT2D eigenvalue weighted by Crippen LogP contribution is 2.48. The minimum Gasteiger partial charge on any atom is -0.309 e. The van der Waals surface area contributed by atoms with Crippen molar-refractivity contribution in [3.8, 4) is 5.69 Å². The molecule has 0 radical (unpaired) electrons. The molecule has 40 heavy (non-hydrogen) atoms. The number of benzene rings is 7. The van der Waals surface area contributed by atoms with E-state index in [1.165, 1.54) is 87.1 Å². The summed E-state index contributed by atoms with van der Waals surface area (Å²) in [6.45, 7) is 0. The van der Waals surface area contributed by atoms with Gasteiger partial charge in [-0.05, 0) is 41.1 Å². The first kappa shape index (κ1) is 20.6. The van der Waals surface area contributed by atoms with Crippen LogP contribution < -0.4 is 0 Å². The Labute approximate surface area is 229 Å². The van der Waals surface area contributed by atoms with Crippen molar-refractivity contribution in [2.45, 2.75) is 0 Å². The Morgan fingerprint density at radius 3 is 1.75 bits per heavy atom. The molecule has 0 atom stereocenters. The molecule has 0 aliphatic heterocycles. The molecule has 2 heteroatoms. The molecule has 7 aromatic carbocycles. The number of aromatic nitrogens is 2. The van der Waals surface area contributed by atoms with Crippen molar-refractivity contribution < 1.29 is 0 Å². The first-order chi connectivity index (χ1) is 19.9. The zero-order valence-corrected chi connectivity index (χ0v) is 21.6. The van der Waals surface area contributed by atoms with E-state index >= 15 is 0 Å². The molecule has 184 valence electrons. The van der Waals surface area contributed by atoms with E-state index < -0.39 is 0 Å². The lowest BCUT2D eigenvalue weighted by molar-refractivity contribution is 1.19. The van der Waals surface area contributed by atoms with Crippen LogP contribution in [0.4, 0.5) is 0 Å². The lowest BCUT2D eigenvalue weighted by Crippen LogP contribution is -1.94. The second kappa shape index (κ2) is 7.19. The summed E-state index contributed by atoms with van der Waals surface area (Å²) in [4.78, 5) is 0.